The quantitative estimate of drug-likeness (QED) is 0.886. The first-order chi connectivity index (χ1) is 11.0. The van der Waals surface area contributed by atoms with Crippen LogP contribution in [0.25, 0.3) is 11.0 Å². The third-order valence-corrected chi connectivity index (χ3v) is 5.23. The van der Waals surface area contributed by atoms with Crippen LogP contribution >= 0.6 is 15.9 Å². The number of fused-ring (bicyclic) bond motifs is 1. The van der Waals surface area contributed by atoms with E-state index < -0.39 is 0 Å². The first-order valence-electron chi connectivity index (χ1n) is 7.91. The first kappa shape index (κ1) is 16.4. The molecule has 1 aliphatic rings. The molecule has 0 bridgehead atoms. The molecule has 2 aromatic heterocycles. The fourth-order valence-corrected chi connectivity index (χ4v) is 3.71. The molecule has 0 atom stereocenters. The van der Waals surface area contributed by atoms with E-state index in [1.165, 1.54) is 12.8 Å². The lowest BCUT2D eigenvalue weighted by molar-refractivity contribution is 0.221. The van der Waals surface area contributed by atoms with Gasteiger partial charge in [-0.05, 0) is 61.8 Å². The zero-order chi connectivity index (χ0) is 16.6. The third kappa shape index (κ3) is 3.40. The topological polar surface area (TPSA) is 63.1 Å². The van der Waals surface area contributed by atoms with Crippen molar-refractivity contribution >= 4 is 32.9 Å². The Morgan fingerprint density at radius 1 is 1.30 bits per heavy atom. The van der Waals surface area contributed by atoms with Gasteiger partial charge in [-0.15, -0.1) is 0 Å². The number of rotatable bonds is 3. The SMILES string of the molecule is Cn1c(=O)c(Br)cc2cnc(N[C@H]3CC[C@H](N(C)C)CC3)nc21. The Labute approximate surface area is 144 Å². The second kappa shape index (κ2) is 6.57. The lowest BCUT2D eigenvalue weighted by atomic mass is 9.91. The van der Waals surface area contributed by atoms with Crippen LogP contribution in [0.5, 0.6) is 0 Å². The van der Waals surface area contributed by atoms with E-state index in [1.807, 2.05) is 0 Å². The zero-order valence-corrected chi connectivity index (χ0v) is 15.3. The summed E-state index contributed by atoms with van der Waals surface area (Å²) in [4.78, 5) is 23.2. The van der Waals surface area contributed by atoms with Crippen LogP contribution in [0, 0.1) is 0 Å². The van der Waals surface area contributed by atoms with Crippen molar-refractivity contribution in [3.8, 4) is 0 Å². The van der Waals surface area contributed by atoms with Gasteiger partial charge in [0.1, 0.15) is 5.65 Å². The van der Waals surface area contributed by atoms with E-state index in [9.17, 15) is 4.79 Å². The van der Waals surface area contributed by atoms with Crippen LogP contribution in [0.3, 0.4) is 0 Å². The lowest BCUT2D eigenvalue weighted by Gasteiger charge is -2.32. The molecule has 0 radical (unpaired) electrons. The predicted octanol–water partition coefficient (Wildman–Crippen LogP) is 2.38. The minimum atomic E-state index is -0.0892. The molecule has 124 valence electrons. The Balaban J connectivity index is 1.78. The molecular weight excluding hydrogens is 358 g/mol. The van der Waals surface area contributed by atoms with Crippen molar-refractivity contribution in [2.24, 2.45) is 7.05 Å². The van der Waals surface area contributed by atoms with Gasteiger partial charge in [0.25, 0.3) is 5.56 Å². The number of aromatic nitrogens is 3. The number of hydrogen-bond donors (Lipinski definition) is 1. The average Bonchev–Trinajstić information content (AvgIpc) is 2.54. The van der Waals surface area contributed by atoms with Gasteiger partial charge in [0.05, 0.1) is 4.47 Å². The van der Waals surface area contributed by atoms with Crippen LogP contribution in [-0.4, -0.2) is 45.6 Å². The summed E-state index contributed by atoms with van der Waals surface area (Å²) in [7, 11) is 6.02. The van der Waals surface area contributed by atoms with E-state index in [0.29, 0.717) is 28.2 Å². The Bertz CT molecular complexity index is 765. The molecular formula is C16H22BrN5O. The Morgan fingerprint density at radius 2 is 2.00 bits per heavy atom. The van der Waals surface area contributed by atoms with Gasteiger partial charge in [-0.3, -0.25) is 9.36 Å². The monoisotopic (exact) mass is 379 g/mol. The van der Waals surface area contributed by atoms with Gasteiger partial charge < -0.3 is 10.2 Å². The van der Waals surface area contributed by atoms with E-state index in [2.05, 4.69) is 50.2 Å². The number of hydrogen-bond acceptors (Lipinski definition) is 5. The van der Waals surface area contributed by atoms with Gasteiger partial charge in [0, 0.05) is 30.7 Å². The van der Waals surface area contributed by atoms with Crippen molar-refractivity contribution in [1.29, 1.82) is 0 Å². The second-order valence-electron chi connectivity index (χ2n) is 6.44. The van der Waals surface area contributed by atoms with Gasteiger partial charge >= 0.3 is 0 Å². The Morgan fingerprint density at radius 3 is 2.65 bits per heavy atom. The minimum absolute atomic E-state index is 0.0892. The van der Waals surface area contributed by atoms with Gasteiger partial charge in [0.15, 0.2) is 0 Å². The van der Waals surface area contributed by atoms with E-state index in [0.717, 1.165) is 18.2 Å². The summed E-state index contributed by atoms with van der Waals surface area (Å²) in [6, 6.07) is 2.84. The van der Waals surface area contributed by atoms with E-state index in [4.69, 9.17) is 0 Å². The molecule has 0 amide bonds. The van der Waals surface area contributed by atoms with Crippen molar-refractivity contribution in [3.63, 3.8) is 0 Å². The van der Waals surface area contributed by atoms with Gasteiger partial charge in [-0.2, -0.15) is 4.98 Å². The van der Waals surface area contributed by atoms with Crippen molar-refractivity contribution in [1.82, 2.24) is 19.4 Å². The zero-order valence-electron chi connectivity index (χ0n) is 13.7. The van der Waals surface area contributed by atoms with Gasteiger partial charge in [-0.25, -0.2) is 4.98 Å². The summed E-state index contributed by atoms with van der Waals surface area (Å²) < 4.78 is 2.08. The number of pyridine rings is 1. The summed E-state index contributed by atoms with van der Waals surface area (Å²) in [5.41, 5.74) is 0.561. The second-order valence-corrected chi connectivity index (χ2v) is 7.30. The average molecular weight is 380 g/mol. The maximum absolute atomic E-state index is 12.0. The number of nitrogens with one attached hydrogen (secondary N) is 1. The van der Waals surface area contributed by atoms with E-state index >= 15 is 0 Å². The number of anilines is 1. The molecule has 7 heteroatoms. The number of nitrogens with zero attached hydrogens (tertiary/aromatic N) is 4. The molecule has 2 aromatic rings. The van der Waals surface area contributed by atoms with Crippen LogP contribution in [0.15, 0.2) is 21.5 Å². The van der Waals surface area contributed by atoms with Gasteiger partial charge in [0.2, 0.25) is 5.95 Å². The van der Waals surface area contributed by atoms with E-state index in [1.54, 1.807) is 23.9 Å². The lowest BCUT2D eigenvalue weighted by Crippen LogP contribution is -2.36. The highest BCUT2D eigenvalue weighted by Gasteiger charge is 2.22. The molecule has 1 fully saturated rings. The van der Waals surface area contributed by atoms with Crippen LogP contribution in [-0.2, 0) is 7.05 Å². The van der Waals surface area contributed by atoms with Crippen LogP contribution in [0.4, 0.5) is 5.95 Å². The summed E-state index contributed by atoms with van der Waals surface area (Å²) >= 11 is 3.27. The Kier molecular flexibility index (Phi) is 4.68. The molecule has 3 rings (SSSR count). The fraction of sp³-hybridized carbons (Fsp3) is 0.562. The molecule has 6 nitrogen and oxygen atoms in total. The maximum Gasteiger partial charge on any atom is 0.266 e. The van der Waals surface area contributed by atoms with Crippen molar-refractivity contribution in [2.45, 2.75) is 37.8 Å². The Hall–Kier alpha value is -1.47. The highest BCUT2D eigenvalue weighted by Crippen LogP contribution is 2.24. The van der Waals surface area contributed by atoms with Crippen molar-refractivity contribution in [2.75, 3.05) is 19.4 Å². The summed E-state index contributed by atoms with van der Waals surface area (Å²) in [5.74, 6) is 0.600. The predicted molar refractivity (Wildman–Crippen MR) is 95.8 cm³/mol. The van der Waals surface area contributed by atoms with Crippen LogP contribution in [0.2, 0.25) is 0 Å². The fourth-order valence-electron chi connectivity index (χ4n) is 3.20. The van der Waals surface area contributed by atoms with Crippen molar-refractivity contribution in [3.05, 3.63) is 27.1 Å². The van der Waals surface area contributed by atoms with E-state index in [-0.39, 0.29) is 5.56 Å². The van der Waals surface area contributed by atoms with Crippen LogP contribution in [0.1, 0.15) is 25.7 Å². The third-order valence-electron chi connectivity index (χ3n) is 4.67. The molecule has 2 heterocycles. The highest BCUT2D eigenvalue weighted by atomic mass is 79.9. The summed E-state index contributed by atoms with van der Waals surface area (Å²) in [5, 5.41) is 4.27. The van der Waals surface area contributed by atoms with Crippen molar-refractivity contribution < 1.29 is 0 Å². The van der Waals surface area contributed by atoms with Gasteiger partial charge in [-0.1, -0.05) is 0 Å². The summed E-state index contributed by atoms with van der Waals surface area (Å²) in [6.07, 6.45) is 6.36. The molecule has 0 aliphatic heterocycles. The standard InChI is InChI=1S/C16H22BrN5O/c1-21(2)12-6-4-11(5-7-12)19-16-18-9-10-8-13(17)15(23)22(3)14(10)20-16/h8-9,11-12H,4-7H2,1-3H3,(H,18,19,20)/t11-,12-. The largest absolute Gasteiger partial charge is 0.351 e. The number of halogens is 1. The highest BCUT2D eigenvalue weighted by molar-refractivity contribution is 9.10. The normalized spacial score (nSPS) is 21.8. The molecule has 23 heavy (non-hydrogen) atoms. The summed E-state index contributed by atoms with van der Waals surface area (Å²) in [6.45, 7) is 0. The molecule has 0 aromatic carbocycles. The molecule has 0 spiro atoms. The first-order valence-corrected chi connectivity index (χ1v) is 8.70. The smallest absolute Gasteiger partial charge is 0.266 e. The molecule has 0 unspecified atom stereocenters. The molecule has 1 saturated carbocycles. The molecule has 1 N–H and O–H groups in total. The number of aryl methyl sites for hydroxylation is 1. The van der Waals surface area contributed by atoms with Crippen LogP contribution < -0.4 is 10.9 Å². The minimum Gasteiger partial charge on any atom is -0.351 e. The maximum atomic E-state index is 12.0. The molecule has 1 aliphatic carbocycles. The molecule has 0 saturated heterocycles.